The number of hydrogen-bond acceptors (Lipinski definition) is 4. The molecule has 2 heterocycles. The van der Waals surface area contributed by atoms with Gasteiger partial charge >= 0.3 is 0 Å². The van der Waals surface area contributed by atoms with Crippen LogP contribution in [-0.2, 0) is 19.4 Å². The van der Waals surface area contributed by atoms with Crippen LogP contribution in [0, 0.1) is 11.8 Å². The molecule has 6 heteroatoms. The van der Waals surface area contributed by atoms with E-state index in [0.29, 0.717) is 30.7 Å². The number of amides is 1. The minimum atomic E-state index is -2.95. The van der Waals surface area contributed by atoms with Gasteiger partial charge in [0.05, 0.1) is 17.6 Å². The third kappa shape index (κ3) is 4.27. The lowest BCUT2D eigenvalue weighted by Crippen LogP contribution is -2.44. The van der Waals surface area contributed by atoms with E-state index in [1.165, 1.54) is 0 Å². The Balaban J connectivity index is 1.61. The van der Waals surface area contributed by atoms with Gasteiger partial charge in [-0.3, -0.25) is 4.79 Å². The fourth-order valence-electron chi connectivity index (χ4n) is 3.96. The highest BCUT2D eigenvalue weighted by molar-refractivity contribution is 7.91. The predicted molar refractivity (Wildman–Crippen MR) is 88.8 cm³/mol. The van der Waals surface area contributed by atoms with E-state index in [0.717, 1.165) is 32.3 Å². The highest BCUT2D eigenvalue weighted by Gasteiger charge is 2.42. The monoisotopic (exact) mass is 343 g/mol. The molecule has 3 fully saturated rings. The van der Waals surface area contributed by atoms with Gasteiger partial charge in [-0.05, 0) is 43.9 Å². The molecule has 1 saturated carbocycles. The molecule has 1 amide bonds. The van der Waals surface area contributed by atoms with E-state index < -0.39 is 9.84 Å². The van der Waals surface area contributed by atoms with Crippen LogP contribution < -0.4 is 0 Å². The molecule has 5 nitrogen and oxygen atoms in total. The summed E-state index contributed by atoms with van der Waals surface area (Å²) in [6.45, 7) is 5.06. The lowest BCUT2D eigenvalue weighted by atomic mass is 9.87. The predicted octanol–water partition coefficient (Wildman–Crippen LogP) is 2.01. The maximum Gasteiger partial charge on any atom is 0.223 e. The Kier molecular flexibility index (Phi) is 5.02. The van der Waals surface area contributed by atoms with Crippen LogP contribution in [0.4, 0.5) is 0 Å². The molecule has 3 rings (SSSR count). The molecule has 0 N–H and O–H groups in total. The van der Waals surface area contributed by atoms with Gasteiger partial charge in [-0.2, -0.15) is 0 Å². The van der Waals surface area contributed by atoms with Crippen molar-refractivity contribution in [1.29, 1.82) is 0 Å². The van der Waals surface area contributed by atoms with Crippen molar-refractivity contribution < 1.29 is 17.9 Å². The molecule has 1 aliphatic carbocycles. The highest BCUT2D eigenvalue weighted by atomic mass is 32.2. The summed E-state index contributed by atoms with van der Waals surface area (Å²) in [4.78, 5) is 14.8. The summed E-state index contributed by atoms with van der Waals surface area (Å²) in [5.74, 6) is 1.43. The quantitative estimate of drug-likeness (QED) is 0.766. The molecule has 0 aromatic carbocycles. The summed E-state index contributed by atoms with van der Waals surface area (Å²) in [7, 11) is -2.95. The van der Waals surface area contributed by atoms with Crippen molar-refractivity contribution in [1.82, 2.24) is 4.90 Å². The number of sulfone groups is 1. The fraction of sp³-hybridized carbons (Fsp3) is 0.941. The number of carbonyl (C=O) groups excluding carboxylic acids is 1. The summed E-state index contributed by atoms with van der Waals surface area (Å²) in [5.41, 5.74) is 0. The molecule has 0 aromatic rings. The van der Waals surface area contributed by atoms with Crippen LogP contribution in [0.25, 0.3) is 0 Å². The smallest absolute Gasteiger partial charge is 0.223 e. The van der Waals surface area contributed by atoms with Gasteiger partial charge in [0.15, 0.2) is 9.84 Å². The molecule has 132 valence electrons. The van der Waals surface area contributed by atoms with Crippen molar-refractivity contribution in [3.05, 3.63) is 0 Å². The normalized spacial score (nSPS) is 33.8. The molecular formula is C17H29NO4S. The highest BCUT2D eigenvalue weighted by Crippen LogP contribution is 2.35. The van der Waals surface area contributed by atoms with Gasteiger partial charge in [-0.25, -0.2) is 8.42 Å². The number of ether oxygens (including phenoxy) is 1. The Bertz CT molecular complexity index is 541. The topological polar surface area (TPSA) is 63.7 Å². The van der Waals surface area contributed by atoms with E-state index in [1.54, 1.807) is 0 Å². The third-order valence-corrected chi connectivity index (χ3v) is 7.21. The zero-order valence-electron chi connectivity index (χ0n) is 14.2. The molecule has 0 bridgehead atoms. The molecule has 2 aliphatic heterocycles. The maximum absolute atomic E-state index is 12.9. The molecule has 0 aromatic heterocycles. The van der Waals surface area contributed by atoms with Crippen LogP contribution in [0.3, 0.4) is 0 Å². The van der Waals surface area contributed by atoms with Crippen molar-refractivity contribution in [2.75, 3.05) is 18.1 Å². The summed E-state index contributed by atoms with van der Waals surface area (Å²) in [6.07, 6.45) is 5.38. The van der Waals surface area contributed by atoms with Crippen LogP contribution in [0.1, 0.15) is 52.4 Å². The first kappa shape index (κ1) is 17.2. The van der Waals surface area contributed by atoms with Crippen LogP contribution in [0.5, 0.6) is 0 Å². The Morgan fingerprint density at radius 3 is 2.48 bits per heavy atom. The first-order valence-corrected chi connectivity index (χ1v) is 10.8. The van der Waals surface area contributed by atoms with Crippen molar-refractivity contribution in [2.45, 2.75) is 70.6 Å². The minimum Gasteiger partial charge on any atom is -0.378 e. The minimum absolute atomic E-state index is 0.0827. The SMILES string of the molecule is CC(C)C1CC(CC(=O)N(C2CC2)C2CCS(=O)(=O)C2)CCO1. The second-order valence-electron chi connectivity index (χ2n) is 7.84. The van der Waals surface area contributed by atoms with Crippen molar-refractivity contribution >= 4 is 15.7 Å². The summed E-state index contributed by atoms with van der Waals surface area (Å²) >= 11 is 0. The largest absolute Gasteiger partial charge is 0.378 e. The standard InChI is InChI=1S/C17H29NO4S/c1-12(2)16-9-13(5-7-22-16)10-17(19)18(14-3-4-14)15-6-8-23(20,21)11-15/h12-16H,3-11H2,1-2H3. The van der Waals surface area contributed by atoms with Gasteiger partial charge in [0.2, 0.25) is 5.91 Å². The molecule has 3 atom stereocenters. The van der Waals surface area contributed by atoms with E-state index >= 15 is 0 Å². The maximum atomic E-state index is 12.9. The van der Waals surface area contributed by atoms with Crippen molar-refractivity contribution in [3.8, 4) is 0 Å². The van der Waals surface area contributed by atoms with E-state index in [4.69, 9.17) is 4.74 Å². The molecule has 3 aliphatic rings. The van der Waals surface area contributed by atoms with E-state index in [9.17, 15) is 13.2 Å². The average molecular weight is 343 g/mol. The summed E-state index contributed by atoms with van der Waals surface area (Å²) in [6, 6.07) is 0.210. The van der Waals surface area contributed by atoms with E-state index in [-0.39, 0.29) is 29.6 Å². The lowest BCUT2D eigenvalue weighted by molar-refractivity contribution is -0.136. The Morgan fingerprint density at radius 1 is 1.17 bits per heavy atom. The molecule has 0 spiro atoms. The van der Waals surface area contributed by atoms with Gasteiger partial charge in [0, 0.05) is 25.1 Å². The lowest BCUT2D eigenvalue weighted by Gasteiger charge is -2.34. The van der Waals surface area contributed by atoms with Gasteiger partial charge in [0.1, 0.15) is 0 Å². The zero-order valence-corrected chi connectivity index (χ0v) is 15.1. The number of rotatable bonds is 5. The van der Waals surface area contributed by atoms with E-state index in [2.05, 4.69) is 13.8 Å². The Morgan fingerprint density at radius 2 is 1.91 bits per heavy atom. The molecule has 3 unspecified atom stereocenters. The fourth-order valence-corrected chi connectivity index (χ4v) is 5.67. The number of nitrogens with zero attached hydrogens (tertiary/aromatic N) is 1. The summed E-state index contributed by atoms with van der Waals surface area (Å²) in [5, 5.41) is 0. The second kappa shape index (κ2) is 6.71. The van der Waals surface area contributed by atoms with Crippen LogP contribution in [0.2, 0.25) is 0 Å². The third-order valence-electron chi connectivity index (χ3n) is 5.46. The first-order chi connectivity index (χ1) is 10.9. The number of hydrogen-bond donors (Lipinski definition) is 0. The summed E-state index contributed by atoms with van der Waals surface area (Å²) < 4.78 is 29.3. The van der Waals surface area contributed by atoms with Crippen molar-refractivity contribution in [2.24, 2.45) is 11.8 Å². The van der Waals surface area contributed by atoms with Crippen molar-refractivity contribution in [3.63, 3.8) is 0 Å². The zero-order chi connectivity index (χ0) is 16.6. The van der Waals surface area contributed by atoms with Gasteiger partial charge < -0.3 is 9.64 Å². The molecular weight excluding hydrogens is 314 g/mol. The van der Waals surface area contributed by atoms with Gasteiger partial charge in [0.25, 0.3) is 0 Å². The van der Waals surface area contributed by atoms with Gasteiger partial charge in [-0.15, -0.1) is 0 Å². The second-order valence-corrected chi connectivity index (χ2v) is 10.1. The molecule has 2 saturated heterocycles. The Labute approximate surface area is 139 Å². The van der Waals surface area contributed by atoms with E-state index in [1.807, 2.05) is 4.90 Å². The van der Waals surface area contributed by atoms with Gasteiger partial charge in [-0.1, -0.05) is 13.8 Å². The van der Waals surface area contributed by atoms with Crippen LogP contribution in [0.15, 0.2) is 0 Å². The Hall–Kier alpha value is -0.620. The number of carbonyl (C=O) groups is 1. The molecule has 23 heavy (non-hydrogen) atoms. The molecule has 0 radical (unpaired) electrons. The van der Waals surface area contributed by atoms with Crippen LogP contribution in [-0.4, -0.2) is 55.5 Å². The first-order valence-electron chi connectivity index (χ1n) is 8.99. The average Bonchev–Trinajstić information content (AvgIpc) is 3.23. The van der Waals surface area contributed by atoms with Crippen LogP contribution >= 0.6 is 0 Å².